The van der Waals surface area contributed by atoms with Gasteiger partial charge in [-0.25, -0.2) is 4.79 Å². The van der Waals surface area contributed by atoms with Crippen molar-refractivity contribution in [3.63, 3.8) is 0 Å². The minimum Gasteiger partial charge on any atom is -0.461 e. The molecule has 1 aromatic heterocycles. The molecule has 0 spiro atoms. The summed E-state index contributed by atoms with van der Waals surface area (Å²) in [4.78, 5) is 27.2. The lowest BCUT2D eigenvalue weighted by atomic mass is 10.2. The first-order valence-corrected chi connectivity index (χ1v) is 12.3. The third-order valence-corrected chi connectivity index (χ3v) is 5.98. The van der Waals surface area contributed by atoms with E-state index in [1.54, 1.807) is 5.70 Å². The maximum atomic E-state index is 11.3. The van der Waals surface area contributed by atoms with Crippen molar-refractivity contribution in [1.82, 2.24) is 9.88 Å². The number of halogens is 1. The van der Waals surface area contributed by atoms with Crippen molar-refractivity contribution in [2.45, 2.75) is 52.4 Å². The molecule has 0 unspecified atom stereocenters. The van der Waals surface area contributed by atoms with Crippen LogP contribution in [0, 0.1) is 0 Å². The molecule has 0 amide bonds. The van der Waals surface area contributed by atoms with Crippen LogP contribution in [0.1, 0.15) is 61.3 Å². The smallest absolute Gasteiger partial charge is 0.354 e. The van der Waals surface area contributed by atoms with E-state index in [0.29, 0.717) is 17.6 Å². The van der Waals surface area contributed by atoms with Gasteiger partial charge in [0, 0.05) is 31.4 Å². The number of oxime groups is 1. The highest BCUT2D eigenvalue weighted by molar-refractivity contribution is 9.09. The predicted molar refractivity (Wildman–Crippen MR) is 127 cm³/mol. The van der Waals surface area contributed by atoms with Gasteiger partial charge in [0.2, 0.25) is 0 Å². The molecular weight excluding hydrogens is 478 g/mol. The largest absolute Gasteiger partial charge is 0.461 e. The molecule has 2 heterocycles. The number of Topliss-reactive ketones (excluding diaryl/α,β-unsaturated/α-hetero) is 1. The predicted octanol–water partition coefficient (Wildman–Crippen LogP) is 3.87. The van der Waals surface area contributed by atoms with Crippen LogP contribution in [0.4, 0.5) is 0 Å². The number of fused-ring (bicyclic) bond motifs is 1. The number of aryl methyl sites for hydroxylation is 2. The van der Waals surface area contributed by atoms with E-state index in [1.165, 1.54) is 43.9 Å². The Labute approximate surface area is 198 Å². The zero-order valence-electron chi connectivity index (χ0n) is 19.0. The molecule has 1 fully saturated rings. The average Bonchev–Trinajstić information content (AvgIpc) is 3.54. The van der Waals surface area contributed by atoms with Crippen LogP contribution in [0.5, 0.6) is 0 Å². The standard InChI is InChI=1S/C10H13NO2.C9H15NO.C4H6BrNO2/c1-2-13-10(12)9-6-7-4-3-5-8(7)11-9;1-2-4-9(3-1)10-5-7-11-8-6-10;1-3(7)4(2-5)6-8/h6,11H,2-5H2,1H3;3H,1-2,4-8H2;8H,2H2,1H3/b;;6-4-. The molecule has 178 valence electrons. The van der Waals surface area contributed by atoms with Gasteiger partial charge >= 0.3 is 5.97 Å². The summed E-state index contributed by atoms with van der Waals surface area (Å²) in [7, 11) is 0. The lowest BCUT2D eigenvalue weighted by Crippen LogP contribution is -2.35. The number of nitrogens with one attached hydrogen (secondary N) is 1. The molecule has 1 aromatic rings. The first-order chi connectivity index (χ1) is 15.5. The molecule has 0 bridgehead atoms. The van der Waals surface area contributed by atoms with Gasteiger partial charge in [-0.1, -0.05) is 27.2 Å². The Kier molecular flexibility index (Phi) is 11.5. The number of morpholine rings is 1. The first kappa shape index (κ1) is 26.1. The number of hydrogen-bond donors (Lipinski definition) is 2. The average molecular weight is 512 g/mol. The Morgan fingerprint density at radius 3 is 2.50 bits per heavy atom. The number of H-pyrrole nitrogens is 1. The lowest BCUT2D eigenvalue weighted by Gasteiger charge is -2.29. The summed E-state index contributed by atoms with van der Waals surface area (Å²) in [5, 5.41) is 11.1. The second kappa shape index (κ2) is 14.1. The summed E-state index contributed by atoms with van der Waals surface area (Å²) < 4.78 is 10.2. The van der Waals surface area contributed by atoms with Gasteiger partial charge < -0.3 is 24.6 Å². The zero-order chi connectivity index (χ0) is 23.3. The van der Waals surface area contributed by atoms with Crippen LogP contribution in [0.3, 0.4) is 0 Å². The summed E-state index contributed by atoms with van der Waals surface area (Å²) in [6, 6.07) is 1.92. The number of ketones is 1. The Morgan fingerprint density at radius 2 is 2.00 bits per heavy atom. The number of esters is 1. The van der Waals surface area contributed by atoms with E-state index in [1.807, 2.05) is 13.0 Å². The van der Waals surface area contributed by atoms with E-state index in [2.05, 4.69) is 37.0 Å². The van der Waals surface area contributed by atoms with Gasteiger partial charge in [-0.05, 0) is 57.1 Å². The van der Waals surface area contributed by atoms with E-state index in [-0.39, 0.29) is 17.5 Å². The van der Waals surface area contributed by atoms with E-state index < -0.39 is 0 Å². The Hall–Kier alpha value is -2.13. The van der Waals surface area contributed by atoms with E-state index in [0.717, 1.165) is 39.1 Å². The lowest BCUT2D eigenvalue weighted by molar-refractivity contribution is -0.111. The topological polar surface area (TPSA) is 104 Å². The molecule has 32 heavy (non-hydrogen) atoms. The van der Waals surface area contributed by atoms with Gasteiger partial charge in [-0.2, -0.15) is 0 Å². The fraction of sp³-hybridized carbons (Fsp3) is 0.609. The maximum absolute atomic E-state index is 11.3. The summed E-state index contributed by atoms with van der Waals surface area (Å²) >= 11 is 2.96. The molecule has 3 aliphatic rings. The van der Waals surface area contributed by atoms with Gasteiger partial charge in [0.15, 0.2) is 5.78 Å². The van der Waals surface area contributed by atoms with Gasteiger partial charge in [0.1, 0.15) is 11.4 Å². The first-order valence-electron chi connectivity index (χ1n) is 11.2. The van der Waals surface area contributed by atoms with Gasteiger partial charge in [-0.15, -0.1) is 0 Å². The van der Waals surface area contributed by atoms with E-state index in [9.17, 15) is 9.59 Å². The summed E-state index contributed by atoms with van der Waals surface area (Å²) in [6.07, 6.45) is 9.66. The Morgan fingerprint density at radius 1 is 1.25 bits per heavy atom. The monoisotopic (exact) mass is 511 g/mol. The van der Waals surface area contributed by atoms with Crippen molar-refractivity contribution in [3.05, 3.63) is 34.8 Å². The van der Waals surface area contributed by atoms with Gasteiger partial charge in [0.05, 0.1) is 25.2 Å². The van der Waals surface area contributed by atoms with Crippen LogP contribution in [0.25, 0.3) is 0 Å². The minimum absolute atomic E-state index is 0.144. The Balaban J connectivity index is 0.000000176. The quantitative estimate of drug-likeness (QED) is 0.204. The Bertz CT molecular complexity index is 791. The second-order valence-corrected chi connectivity index (χ2v) is 8.25. The molecule has 4 rings (SSSR count). The van der Waals surface area contributed by atoms with E-state index >= 15 is 0 Å². The summed E-state index contributed by atoms with van der Waals surface area (Å²) in [5.74, 6) is -0.457. The van der Waals surface area contributed by atoms with Crippen LogP contribution in [-0.4, -0.2) is 70.8 Å². The van der Waals surface area contributed by atoms with Crippen molar-refractivity contribution >= 4 is 33.4 Å². The summed E-state index contributed by atoms with van der Waals surface area (Å²) in [5.41, 5.74) is 4.80. The number of carbonyl (C=O) groups is 2. The minimum atomic E-state index is -0.239. The summed E-state index contributed by atoms with van der Waals surface area (Å²) in [6.45, 7) is 7.62. The van der Waals surface area contributed by atoms with Crippen molar-refractivity contribution in [2.75, 3.05) is 38.2 Å². The maximum Gasteiger partial charge on any atom is 0.354 e. The SMILES string of the molecule is C1=C(N2CCOCC2)CCC1.CC(=O)/C(CBr)=N\O.CCOC(=O)c1cc2c([nH]1)CCC2. The number of alkyl halides is 1. The number of carbonyl (C=O) groups excluding carboxylic acids is 2. The van der Waals surface area contributed by atoms with Crippen LogP contribution >= 0.6 is 15.9 Å². The molecule has 0 radical (unpaired) electrons. The number of ether oxygens (including phenoxy) is 2. The third kappa shape index (κ3) is 8.09. The number of aromatic amines is 1. The molecule has 9 heteroatoms. The number of aromatic nitrogens is 1. The molecule has 2 N–H and O–H groups in total. The fourth-order valence-corrected chi connectivity index (χ4v) is 4.25. The molecule has 0 aromatic carbocycles. The highest BCUT2D eigenvalue weighted by atomic mass is 79.9. The van der Waals surface area contributed by atoms with Gasteiger partial charge in [-0.3, -0.25) is 4.79 Å². The van der Waals surface area contributed by atoms with Crippen LogP contribution in [-0.2, 0) is 27.1 Å². The van der Waals surface area contributed by atoms with Crippen LogP contribution in [0.15, 0.2) is 23.0 Å². The van der Waals surface area contributed by atoms with Crippen molar-refractivity contribution in [2.24, 2.45) is 5.16 Å². The van der Waals surface area contributed by atoms with Crippen LogP contribution < -0.4 is 0 Å². The number of allylic oxidation sites excluding steroid dienone is 2. The highest BCUT2D eigenvalue weighted by Crippen LogP contribution is 2.23. The normalized spacial score (nSPS) is 17.4. The van der Waals surface area contributed by atoms with Crippen molar-refractivity contribution in [3.8, 4) is 0 Å². The fourth-order valence-electron chi connectivity index (χ4n) is 3.74. The van der Waals surface area contributed by atoms with Gasteiger partial charge in [0.25, 0.3) is 0 Å². The molecule has 8 nitrogen and oxygen atoms in total. The molecule has 0 saturated carbocycles. The van der Waals surface area contributed by atoms with Crippen LogP contribution in [0.2, 0.25) is 0 Å². The second-order valence-electron chi connectivity index (χ2n) is 7.68. The molecule has 0 atom stereocenters. The van der Waals surface area contributed by atoms with E-state index in [4.69, 9.17) is 14.7 Å². The van der Waals surface area contributed by atoms with Crippen molar-refractivity contribution in [1.29, 1.82) is 0 Å². The zero-order valence-corrected chi connectivity index (χ0v) is 20.6. The third-order valence-electron chi connectivity index (χ3n) is 5.45. The number of hydrogen-bond acceptors (Lipinski definition) is 7. The van der Waals surface area contributed by atoms with Crippen molar-refractivity contribution < 1.29 is 24.3 Å². The molecule has 1 aliphatic heterocycles. The number of nitrogens with zero attached hydrogens (tertiary/aromatic N) is 2. The molecular formula is C23H34BrN3O5. The highest BCUT2D eigenvalue weighted by Gasteiger charge is 2.18. The molecule has 2 aliphatic carbocycles. The number of rotatable bonds is 5. The molecule has 1 saturated heterocycles.